The third-order valence-electron chi connectivity index (χ3n) is 5.88. The Hall–Kier alpha value is -1.15. The molecule has 1 aromatic rings. The predicted octanol–water partition coefficient (Wildman–Crippen LogP) is 6.02. The lowest BCUT2D eigenvalue weighted by atomic mass is 10.1. The van der Waals surface area contributed by atoms with E-state index < -0.39 is 10.1 Å². The van der Waals surface area contributed by atoms with Gasteiger partial charge in [0.1, 0.15) is 6.04 Å². The van der Waals surface area contributed by atoms with Gasteiger partial charge in [-0.2, -0.15) is 8.42 Å². The Morgan fingerprint density at radius 1 is 1.18 bits per heavy atom. The topological polar surface area (TPSA) is 83.9 Å². The van der Waals surface area contributed by atoms with E-state index in [1.165, 1.54) is 25.0 Å². The molecule has 1 heterocycles. The number of nitrogens with zero attached hydrogens (tertiary/aromatic N) is 1. The molecule has 0 bridgehead atoms. The lowest BCUT2D eigenvalue weighted by Gasteiger charge is -2.26. The van der Waals surface area contributed by atoms with Crippen molar-refractivity contribution in [1.82, 2.24) is 4.90 Å². The van der Waals surface area contributed by atoms with Crippen LogP contribution >= 0.6 is 22.6 Å². The number of hydrogen-bond donors (Lipinski definition) is 1. The minimum atomic E-state index is -4.02. The van der Waals surface area contributed by atoms with Gasteiger partial charge in [-0.05, 0) is 54.7 Å². The first-order valence-electron chi connectivity index (χ1n) is 12.3. The Bertz CT molecular complexity index is 877. The highest BCUT2D eigenvalue weighted by Gasteiger charge is 2.32. The summed E-state index contributed by atoms with van der Waals surface area (Å²) in [5.41, 5.74) is 0.956. The van der Waals surface area contributed by atoms with Crippen molar-refractivity contribution in [1.29, 1.82) is 0 Å². The fourth-order valence-electron chi connectivity index (χ4n) is 3.85. The van der Waals surface area contributed by atoms with Crippen LogP contribution < -0.4 is 0 Å². The van der Waals surface area contributed by atoms with Gasteiger partial charge >= 0.3 is 5.97 Å². The average Bonchev–Trinajstić information content (AvgIpc) is 3.26. The molecule has 6 nitrogen and oxygen atoms in total. The second-order valence-corrected chi connectivity index (χ2v) is 10.8. The van der Waals surface area contributed by atoms with Gasteiger partial charge in [0.15, 0.2) is 0 Å². The van der Waals surface area contributed by atoms with E-state index in [0.29, 0.717) is 12.5 Å². The number of aryl methyl sites for hydroxylation is 1. The van der Waals surface area contributed by atoms with Gasteiger partial charge in [0.25, 0.3) is 10.1 Å². The second kappa shape index (κ2) is 17.3. The van der Waals surface area contributed by atoms with Crippen LogP contribution in [0.2, 0.25) is 0 Å². The lowest BCUT2D eigenvalue weighted by molar-refractivity contribution is -0.150. The van der Waals surface area contributed by atoms with Crippen molar-refractivity contribution in [2.75, 3.05) is 19.7 Å². The summed E-state index contributed by atoms with van der Waals surface area (Å²) >= 11 is 2.10. The summed E-state index contributed by atoms with van der Waals surface area (Å²) in [5, 5.41) is 0. The summed E-state index contributed by atoms with van der Waals surface area (Å²) in [6.07, 6.45) is 9.82. The van der Waals surface area contributed by atoms with Crippen molar-refractivity contribution in [3.63, 3.8) is 0 Å². The number of esters is 1. The number of benzene rings is 1. The molecule has 0 aliphatic carbocycles. The molecule has 1 saturated heterocycles. The van der Waals surface area contributed by atoms with Crippen LogP contribution in [0.1, 0.15) is 77.2 Å². The summed E-state index contributed by atoms with van der Waals surface area (Å²) in [7, 11) is -4.02. The van der Waals surface area contributed by atoms with E-state index in [9.17, 15) is 13.2 Å². The number of likely N-dealkylation sites (tertiary alicyclic amines) is 1. The molecule has 192 valence electrons. The zero-order valence-corrected chi connectivity index (χ0v) is 23.7. The van der Waals surface area contributed by atoms with Crippen molar-refractivity contribution >= 4 is 38.7 Å². The summed E-state index contributed by atoms with van der Waals surface area (Å²) < 4.78 is 38.1. The van der Waals surface area contributed by atoms with Crippen LogP contribution in [0.15, 0.2) is 29.2 Å². The molecule has 2 unspecified atom stereocenters. The number of halogens is 1. The van der Waals surface area contributed by atoms with Crippen LogP contribution in [0, 0.1) is 22.7 Å². The van der Waals surface area contributed by atoms with Crippen molar-refractivity contribution in [3.05, 3.63) is 29.8 Å². The number of carbonyl (C=O) groups is 1. The number of rotatable bonds is 12. The number of unbranched alkanes of at least 4 members (excludes halogenated alkanes) is 4. The van der Waals surface area contributed by atoms with Crippen LogP contribution in [0.4, 0.5) is 0 Å². The molecule has 0 saturated carbocycles. The van der Waals surface area contributed by atoms with Crippen molar-refractivity contribution in [2.45, 2.75) is 89.5 Å². The summed E-state index contributed by atoms with van der Waals surface area (Å²) in [5.74, 6) is 3.78. The third kappa shape index (κ3) is 12.5. The Labute approximate surface area is 220 Å². The first-order chi connectivity index (χ1) is 16.2. The Kier molecular flexibility index (Phi) is 15.7. The van der Waals surface area contributed by atoms with E-state index in [1.54, 1.807) is 12.1 Å². The lowest BCUT2D eigenvalue weighted by Crippen LogP contribution is -2.41. The van der Waals surface area contributed by atoms with E-state index >= 15 is 0 Å². The van der Waals surface area contributed by atoms with Crippen LogP contribution in [-0.2, 0) is 19.6 Å². The number of carbonyl (C=O) groups excluding carboxylic acids is 1. The molecule has 1 aliphatic heterocycles. The van der Waals surface area contributed by atoms with Crippen molar-refractivity contribution in [3.8, 4) is 9.85 Å². The largest absolute Gasteiger partial charge is 0.465 e. The summed E-state index contributed by atoms with van der Waals surface area (Å²) in [6.45, 7) is 8.79. The summed E-state index contributed by atoms with van der Waals surface area (Å²) in [4.78, 5) is 14.8. The zero-order chi connectivity index (χ0) is 25.4. The van der Waals surface area contributed by atoms with Gasteiger partial charge in [0.05, 0.1) is 11.5 Å². The molecule has 2 rings (SSSR count). The molecule has 2 atom stereocenters. The standard InChI is InChI=1S/C19H32INO2.C7H8O3S/c1-3-5-7-8-15-23-19(22)18(11-6-4-2)21-14-12-17(16-21)10-9-13-20;1-6-2-4-7(5-3-6)11(8,9)10/h17-18H,3-8,10-12,14-16H2,1-2H3;2-5H,1H3,(H,8,9,10). The van der Waals surface area contributed by atoms with Crippen LogP contribution in [0.5, 0.6) is 0 Å². The Morgan fingerprint density at radius 2 is 1.85 bits per heavy atom. The maximum absolute atomic E-state index is 12.5. The van der Waals surface area contributed by atoms with Gasteiger partial charge in [-0.25, -0.2) is 0 Å². The molecule has 1 aromatic carbocycles. The first-order valence-corrected chi connectivity index (χ1v) is 14.8. The minimum Gasteiger partial charge on any atom is -0.465 e. The quantitative estimate of drug-likeness (QED) is 0.103. The smallest absolute Gasteiger partial charge is 0.323 e. The Morgan fingerprint density at radius 3 is 2.44 bits per heavy atom. The minimum absolute atomic E-state index is 0.00410. The molecule has 0 amide bonds. The average molecular weight is 606 g/mol. The second-order valence-electron chi connectivity index (χ2n) is 8.80. The zero-order valence-electron chi connectivity index (χ0n) is 20.8. The fraction of sp³-hybridized carbons (Fsp3) is 0.654. The van der Waals surface area contributed by atoms with E-state index in [1.807, 2.05) is 6.92 Å². The predicted molar refractivity (Wildman–Crippen MR) is 146 cm³/mol. The third-order valence-corrected chi connectivity index (χ3v) is 7.13. The van der Waals surface area contributed by atoms with E-state index in [0.717, 1.165) is 63.6 Å². The van der Waals surface area contributed by atoms with Crippen LogP contribution in [0.3, 0.4) is 0 Å². The number of hydrogen-bond acceptors (Lipinski definition) is 5. The van der Waals surface area contributed by atoms with Gasteiger partial charge in [0, 0.05) is 35.6 Å². The molecule has 34 heavy (non-hydrogen) atoms. The Balaban J connectivity index is 0.000000437. The monoisotopic (exact) mass is 605 g/mol. The van der Waals surface area contributed by atoms with Gasteiger partial charge in [-0.1, -0.05) is 69.6 Å². The molecule has 0 aromatic heterocycles. The summed E-state index contributed by atoms with van der Waals surface area (Å²) in [6, 6.07) is 5.94. The van der Waals surface area contributed by atoms with Gasteiger partial charge in [-0.15, -0.1) is 0 Å². The molecule has 1 aliphatic rings. The highest BCUT2D eigenvalue weighted by Crippen LogP contribution is 2.24. The number of ether oxygens (including phenoxy) is 1. The van der Waals surface area contributed by atoms with Crippen molar-refractivity contribution < 1.29 is 22.5 Å². The fourth-order valence-corrected chi connectivity index (χ4v) is 4.55. The maximum Gasteiger partial charge on any atom is 0.323 e. The van der Waals surface area contributed by atoms with E-state index in [-0.39, 0.29) is 16.9 Å². The van der Waals surface area contributed by atoms with Gasteiger partial charge < -0.3 is 4.74 Å². The van der Waals surface area contributed by atoms with Crippen LogP contribution in [0.25, 0.3) is 0 Å². The maximum atomic E-state index is 12.5. The van der Waals surface area contributed by atoms with Gasteiger partial charge in [0.2, 0.25) is 0 Å². The highest BCUT2D eigenvalue weighted by molar-refractivity contribution is 14.1. The van der Waals surface area contributed by atoms with Crippen LogP contribution in [-0.4, -0.2) is 49.6 Å². The molecular weight excluding hydrogens is 565 g/mol. The normalized spacial score (nSPS) is 16.7. The van der Waals surface area contributed by atoms with E-state index in [2.05, 4.69) is 51.2 Å². The highest BCUT2D eigenvalue weighted by atomic mass is 127. The molecule has 1 fully saturated rings. The molecule has 1 N–H and O–H groups in total. The SMILES string of the molecule is CCCCCCOC(=O)C(CCCC)N1CCC(CC#CI)C1.Cc1ccc(S(=O)(=O)O)cc1. The molecule has 0 spiro atoms. The van der Waals surface area contributed by atoms with E-state index in [4.69, 9.17) is 9.29 Å². The molecular formula is C26H40INO5S. The molecule has 8 heteroatoms. The first kappa shape index (κ1) is 30.9. The van der Waals surface area contributed by atoms with Gasteiger partial charge in [-0.3, -0.25) is 14.2 Å². The van der Waals surface area contributed by atoms with Crippen molar-refractivity contribution in [2.24, 2.45) is 5.92 Å². The molecule has 0 radical (unpaired) electrons.